The second kappa shape index (κ2) is 6.41. The molecule has 7 heteroatoms. The van der Waals surface area contributed by atoms with Crippen LogP contribution in [0.25, 0.3) is 0 Å². The molecule has 0 rings (SSSR count). The SMILES string of the molecule is C=CC(=O)OCC(C)(COC(=O)C=C)[N+](=O)[O-]. The predicted molar refractivity (Wildman–Crippen MR) is 57.7 cm³/mol. The minimum absolute atomic E-state index is 0.519. The van der Waals surface area contributed by atoms with Crippen LogP contribution in [0.15, 0.2) is 25.3 Å². The summed E-state index contributed by atoms with van der Waals surface area (Å²) in [6.45, 7) is 6.46. The fraction of sp³-hybridized carbons (Fsp3) is 0.400. The quantitative estimate of drug-likeness (QED) is 0.279. The highest BCUT2D eigenvalue weighted by molar-refractivity contribution is 5.81. The van der Waals surface area contributed by atoms with Gasteiger partial charge in [0, 0.05) is 24.0 Å². The number of hydrogen-bond donors (Lipinski definition) is 0. The van der Waals surface area contributed by atoms with Crippen molar-refractivity contribution in [2.75, 3.05) is 13.2 Å². The third kappa shape index (κ3) is 4.92. The van der Waals surface area contributed by atoms with E-state index < -0.39 is 35.6 Å². The van der Waals surface area contributed by atoms with E-state index >= 15 is 0 Å². The summed E-state index contributed by atoms with van der Waals surface area (Å²) < 4.78 is 9.14. The van der Waals surface area contributed by atoms with Gasteiger partial charge in [0.05, 0.1) is 0 Å². The molecule has 0 aromatic carbocycles. The lowest BCUT2D eigenvalue weighted by molar-refractivity contribution is -0.571. The van der Waals surface area contributed by atoms with Crippen LogP contribution >= 0.6 is 0 Å². The van der Waals surface area contributed by atoms with Gasteiger partial charge in [-0.2, -0.15) is 0 Å². The van der Waals surface area contributed by atoms with Gasteiger partial charge >= 0.3 is 11.9 Å². The Bertz CT molecular complexity index is 325. The minimum Gasteiger partial charge on any atom is -0.455 e. The zero-order valence-electron chi connectivity index (χ0n) is 9.38. The Kier molecular flexibility index (Phi) is 5.59. The molecule has 0 aliphatic rings. The van der Waals surface area contributed by atoms with Crippen LogP contribution in [-0.4, -0.2) is 35.6 Å². The van der Waals surface area contributed by atoms with E-state index in [4.69, 9.17) is 0 Å². The van der Waals surface area contributed by atoms with E-state index in [9.17, 15) is 19.7 Å². The van der Waals surface area contributed by atoms with Gasteiger partial charge in [-0.25, -0.2) is 9.59 Å². The summed E-state index contributed by atoms with van der Waals surface area (Å²) in [5.74, 6) is -1.57. The highest BCUT2D eigenvalue weighted by Gasteiger charge is 2.40. The van der Waals surface area contributed by atoms with Crippen molar-refractivity contribution >= 4 is 11.9 Å². The number of rotatable bonds is 7. The van der Waals surface area contributed by atoms with Crippen molar-refractivity contribution in [1.82, 2.24) is 0 Å². The van der Waals surface area contributed by atoms with Crippen molar-refractivity contribution in [2.45, 2.75) is 12.5 Å². The molecule has 94 valence electrons. The number of carbonyl (C=O) groups is 2. The molecule has 0 unspecified atom stereocenters. The smallest absolute Gasteiger partial charge is 0.330 e. The zero-order chi connectivity index (χ0) is 13.5. The largest absolute Gasteiger partial charge is 0.455 e. The van der Waals surface area contributed by atoms with Crippen LogP contribution in [0, 0.1) is 10.1 Å². The fourth-order valence-corrected chi connectivity index (χ4v) is 0.718. The third-order valence-electron chi connectivity index (χ3n) is 1.82. The first-order valence-corrected chi connectivity index (χ1v) is 4.58. The van der Waals surface area contributed by atoms with E-state index in [0.29, 0.717) is 0 Å². The Morgan fingerprint density at radius 1 is 1.24 bits per heavy atom. The molecule has 0 radical (unpaired) electrons. The van der Waals surface area contributed by atoms with Crippen molar-refractivity contribution in [2.24, 2.45) is 0 Å². The molecule has 0 atom stereocenters. The fourth-order valence-electron chi connectivity index (χ4n) is 0.718. The van der Waals surface area contributed by atoms with Crippen molar-refractivity contribution in [3.8, 4) is 0 Å². The Morgan fingerprint density at radius 2 is 1.59 bits per heavy atom. The molecule has 0 heterocycles. The molecule has 7 nitrogen and oxygen atoms in total. The van der Waals surface area contributed by atoms with Gasteiger partial charge in [0.25, 0.3) is 5.54 Å². The number of ether oxygens (including phenoxy) is 2. The average Bonchev–Trinajstić information content (AvgIpc) is 2.32. The van der Waals surface area contributed by atoms with Gasteiger partial charge < -0.3 is 9.47 Å². The summed E-state index contributed by atoms with van der Waals surface area (Å²) in [5, 5.41) is 10.8. The molecule has 0 amide bonds. The predicted octanol–water partition coefficient (Wildman–Crippen LogP) is 0.480. The Balaban J connectivity index is 4.50. The Labute approximate surface area is 97.8 Å². The summed E-state index contributed by atoms with van der Waals surface area (Å²) in [6.07, 6.45) is 1.77. The Morgan fingerprint density at radius 3 is 1.82 bits per heavy atom. The first-order chi connectivity index (χ1) is 7.85. The van der Waals surface area contributed by atoms with Crippen LogP contribution in [0.1, 0.15) is 6.92 Å². The van der Waals surface area contributed by atoms with Gasteiger partial charge in [0.2, 0.25) is 0 Å². The molecule has 0 aliphatic heterocycles. The van der Waals surface area contributed by atoms with Crippen LogP contribution in [0.3, 0.4) is 0 Å². The van der Waals surface area contributed by atoms with Crippen molar-refractivity contribution < 1.29 is 24.0 Å². The van der Waals surface area contributed by atoms with Crippen LogP contribution in [0.2, 0.25) is 0 Å². The monoisotopic (exact) mass is 243 g/mol. The zero-order valence-corrected chi connectivity index (χ0v) is 9.38. The molecule has 0 bridgehead atoms. The van der Waals surface area contributed by atoms with Crippen molar-refractivity contribution in [3.63, 3.8) is 0 Å². The molecule has 0 fully saturated rings. The number of esters is 2. The summed E-state index contributed by atoms with van der Waals surface area (Å²) in [4.78, 5) is 31.7. The highest BCUT2D eigenvalue weighted by Crippen LogP contribution is 2.11. The average molecular weight is 243 g/mol. The lowest BCUT2D eigenvalue weighted by Gasteiger charge is -2.19. The highest BCUT2D eigenvalue weighted by atomic mass is 16.6. The van der Waals surface area contributed by atoms with Crippen LogP contribution in [0.4, 0.5) is 0 Å². The number of hydrogen-bond acceptors (Lipinski definition) is 6. The molecule has 0 aliphatic carbocycles. The van der Waals surface area contributed by atoms with Gasteiger partial charge in [-0.05, 0) is 0 Å². The molecule has 0 aromatic heterocycles. The van der Waals surface area contributed by atoms with E-state index in [1.165, 1.54) is 6.92 Å². The van der Waals surface area contributed by atoms with E-state index in [1.54, 1.807) is 0 Å². The van der Waals surface area contributed by atoms with Crippen LogP contribution < -0.4 is 0 Å². The van der Waals surface area contributed by atoms with Gasteiger partial charge in [0.15, 0.2) is 13.2 Å². The third-order valence-corrected chi connectivity index (χ3v) is 1.82. The van der Waals surface area contributed by atoms with Gasteiger partial charge in [0.1, 0.15) is 0 Å². The second-order valence-corrected chi connectivity index (χ2v) is 3.38. The lowest BCUT2D eigenvalue weighted by atomic mass is 10.1. The normalized spacial score (nSPS) is 10.2. The summed E-state index contributed by atoms with van der Waals surface area (Å²) >= 11 is 0. The summed E-state index contributed by atoms with van der Waals surface area (Å²) in [7, 11) is 0. The van der Waals surface area contributed by atoms with Gasteiger partial charge in [-0.3, -0.25) is 10.1 Å². The molecular formula is C10H13NO6. The van der Waals surface area contributed by atoms with E-state index in [1.807, 2.05) is 0 Å². The van der Waals surface area contributed by atoms with Crippen LogP contribution in [0.5, 0.6) is 0 Å². The van der Waals surface area contributed by atoms with Gasteiger partial charge in [-0.15, -0.1) is 0 Å². The van der Waals surface area contributed by atoms with Gasteiger partial charge in [-0.1, -0.05) is 13.2 Å². The van der Waals surface area contributed by atoms with Crippen molar-refractivity contribution in [3.05, 3.63) is 35.4 Å². The number of carbonyl (C=O) groups excluding carboxylic acids is 2. The molecule has 0 saturated carbocycles. The molecule has 0 aromatic rings. The maximum atomic E-state index is 10.8. The van der Waals surface area contributed by atoms with Crippen molar-refractivity contribution in [1.29, 1.82) is 0 Å². The first kappa shape index (κ1) is 14.8. The molecule has 0 N–H and O–H groups in total. The summed E-state index contributed by atoms with van der Waals surface area (Å²) in [5.41, 5.74) is -1.70. The van der Waals surface area contributed by atoms with E-state index in [2.05, 4.69) is 22.6 Å². The second-order valence-electron chi connectivity index (χ2n) is 3.38. The maximum absolute atomic E-state index is 10.8. The Hall–Kier alpha value is -2.18. The van der Waals surface area contributed by atoms with E-state index in [0.717, 1.165) is 12.2 Å². The summed E-state index contributed by atoms with van der Waals surface area (Å²) in [6, 6.07) is 0. The number of nitrogens with zero attached hydrogens (tertiary/aromatic N) is 1. The minimum atomic E-state index is -1.70. The molecule has 0 saturated heterocycles. The standard InChI is InChI=1S/C10H13NO6/c1-4-8(12)16-6-10(3,11(14)15)7-17-9(13)5-2/h4-5H,1-2,6-7H2,3H3. The maximum Gasteiger partial charge on any atom is 0.330 e. The lowest BCUT2D eigenvalue weighted by Crippen LogP contribution is -2.45. The topological polar surface area (TPSA) is 95.7 Å². The van der Waals surface area contributed by atoms with E-state index in [-0.39, 0.29) is 0 Å². The molecule has 0 spiro atoms. The van der Waals surface area contributed by atoms with Crippen LogP contribution in [-0.2, 0) is 19.1 Å². The number of nitro groups is 1. The first-order valence-electron chi connectivity index (χ1n) is 4.58. The molecular weight excluding hydrogens is 230 g/mol. The molecule has 17 heavy (non-hydrogen) atoms.